The monoisotopic (exact) mass is 225 g/mol. The summed E-state index contributed by atoms with van der Waals surface area (Å²) in [5.74, 6) is 1.71. The zero-order valence-corrected chi connectivity index (χ0v) is 10.7. The second-order valence-corrected chi connectivity index (χ2v) is 4.54. The summed E-state index contributed by atoms with van der Waals surface area (Å²) in [5.41, 5.74) is 0. The van der Waals surface area contributed by atoms with Gasteiger partial charge in [0.15, 0.2) is 0 Å². The van der Waals surface area contributed by atoms with E-state index < -0.39 is 0 Å². The number of rotatable bonds is 7. The molecule has 1 rings (SSSR count). The van der Waals surface area contributed by atoms with E-state index in [4.69, 9.17) is 4.74 Å². The van der Waals surface area contributed by atoms with E-state index in [9.17, 15) is 0 Å². The molecule has 4 nitrogen and oxygen atoms in total. The van der Waals surface area contributed by atoms with Crippen LogP contribution in [-0.4, -0.2) is 36.4 Å². The number of imidazole rings is 1. The average Bonchev–Trinajstić information content (AvgIpc) is 2.63. The number of nitrogens with one attached hydrogen (secondary N) is 1. The zero-order valence-electron chi connectivity index (χ0n) is 10.7. The smallest absolute Gasteiger partial charge is 0.105 e. The summed E-state index contributed by atoms with van der Waals surface area (Å²) < 4.78 is 7.42. The molecule has 0 bridgehead atoms. The Morgan fingerprint density at radius 1 is 1.44 bits per heavy atom. The average molecular weight is 225 g/mol. The third-order valence-electron chi connectivity index (χ3n) is 2.55. The van der Waals surface area contributed by atoms with Gasteiger partial charge in [-0.25, -0.2) is 4.98 Å². The van der Waals surface area contributed by atoms with E-state index in [0.29, 0.717) is 18.6 Å². The summed E-state index contributed by atoms with van der Waals surface area (Å²) in [6.45, 7) is 9.10. The third-order valence-corrected chi connectivity index (χ3v) is 2.55. The highest BCUT2D eigenvalue weighted by Gasteiger charge is 2.12. The first-order valence-corrected chi connectivity index (χ1v) is 5.84. The number of hydrogen-bond donors (Lipinski definition) is 1. The first kappa shape index (κ1) is 13.2. The third kappa shape index (κ3) is 3.94. The molecule has 1 heterocycles. The van der Waals surface area contributed by atoms with Gasteiger partial charge in [0.1, 0.15) is 5.82 Å². The van der Waals surface area contributed by atoms with E-state index in [-0.39, 0.29) is 0 Å². The van der Waals surface area contributed by atoms with Crippen molar-refractivity contribution >= 4 is 0 Å². The fourth-order valence-corrected chi connectivity index (χ4v) is 1.74. The van der Waals surface area contributed by atoms with Crippen molar-refractivity contribution in [3.63, 3.8) is 0 Å². The molecule has 1 N–H and O–H groups in total. The molecule has 0 saturated heterocycles. The van der Waals surface area contributed by atoms with Gasteiger partial charge in [-0.2, -0.15) is 0 Å². The second kappa shape index (κ2) is 6.66. The molecule has 0 aliphatic heterocycles. The van der Waals surface area contributed by atoms with Crippen molar-refractivity contribution in [2.75, 3.05) is 26.8 Å². The standard InChI is InChI=1S/C12H23N3O/c1-10(2)7-13-8-12(9-16-4)15-6-5-14-11(15)3/h5-6,10,12-13H,7-9H2,1-4H3. The number of aryl methyl sites for hydroxylation is 1. The minimum Gasteiger partial charge on any atom is -0.382 e. The fraction of sp³-hybridized carbons (Fsp3) is 0.750. The van der Waals surface area contributed by atoms with Gasteiger partial charge in [0.05, 0.1) is 12.6 Å². The van der Waals surface area contributed by atoms with Crippen LogP contribution in [0.25, 0.3) is 0 Å². The Kier molecular flexibility index (Phi) is 5.49. The summed E-state index contributed by atoms with van der Waals surface area (Å²) >= 11 is 0. The molecule has 0 amide bonds. The Balaban J connectivity index is 2.51. The highest BCUT2D eigenvalue weighted by atomic mass is 16.5. The first-order chi connectivity index (χ1) is 7.65. The van der Waals surface area contributed by atoms with Gasteiger partial charge in [0, 0.05) is 26.0 Å². The van der Waals surface area contributed by atoms with Crippen LogP contribution in [0.2, 0.25) is 0 Å². The molecular formula is C12H23N3O. The van der Waals surface area contributed by atoms with Gasteiger partial charge < -0.3 is 14.6 Å². The molecule has 1 atom stereocenters. The van der Waals surface area contributed by atoms with Crippen molar-refractivity contribution in [3.8, 4) is 0 Å². The van der Waals surface area contributed by atoms with Gasteiger partial charge in [-0.15, -0.1) is 0 Å². The number of aromatic nitrogens is 2. The van der Waals surface area contributed by atoms with Crippen LogP contribution in [-0.2, 0) is 4.74 Å². The Morgan fingerprint density at radius 2 is 2.19 bits per heavy atom. The van der Waals surface area contributed by atoms with Gasteiger partial charge in [0.25, 0.3) is 0 Å². The largest absolute Gasteiger partial charge is 0.382 e. The van der Waals surface area contributed by atoms with Crippen molar-refractivity contribution in [2.24, 2.45) is 5.92 Å². The molecular weight excluding hydrogens is 202 g/mol. The normalized spacial score (nSPS) is 13.3. The maximum absolute atomic E-state index is 5.25. The van der Waals surface area contributed by atoms with Crippen LogP contribution >= 0.6 is 0 Å². The lowest BCUT2D eigenvalue weighted by molar-refractivity contribution is 0.152. The lowest BCUT2D eigenvalue weighted by atomic mass is 10.2. The second-order valence-electron chi connectivity index (χ2n) is 4.54. The Bertz CT molecular complexity index is 296. The minimum atomic E-state index is 0.325. The van der Waals surface area contributed by atoms with Crippen LogP contribution in [0.5, 0.6) is 0 Å². The van der Waals surface area contributed by atoms with Crippen LogP contribution in [0.3, 0.4) is 0 Å². The van der Waals surface area contributed by atoms with E-state index >= 15 is 0 Å². The first-order valence-electron chi connectivity index (χ1n) is 5.84. The molecule has 0 saturated carbocycles. The van der Waals surface area contributed by atoms with Crippen molar-refractivity contribution in [2.45, 2.75) is 26.8 Å². The van der Waals surface area contributed by atoms with E-state index in [1.165, 1.54) is 0 Å². The Hall–Kier alpha value is -0.870. The van der Waals surface area contributed by atoms with Crippen LogP contribution in [0.1, 0.15) is 25.7 Å². The summed E-state index contributed by atoms with van der Waals surface area (Å²) in [6, 6.07) is 0.325. The number of methoxy groups -OCH3 is 1. The highest BCUT2D eigenvalue weighted by Crippen LogP contribution is 2.09. The molecule has 1 aromatic heterocycles. The van der Waals surface area contributed by atoms with E-state index in [1.54, 1.807) is 7.11 Å². The molecule has 0 spiro atoms. The van der Waals surface area contributed by atoms with Gasteiger partial charge >= 0.3 is 0 Å². The molecule has 92 valence electrons. The number of hydrogen-bond acceptors (Lipinski definition) is 3. The van der Waals surface area contributed by atoms with E-state index in [2.05, 4.69) is 28.7 Å². The van der Waals surface area contributed by atoms with Crippen LogP contribution in [0.4, 0.5) is 0 Å². The van der Waals surface area contributed by atoms with Crippen molar-refractivity contribution in [1.82, 2.24) is 14.9 Å². The van der Waals surface area contributed by atoms with Gasteiger partial charge in [-0.1, -0.05) is 13.8 Å². The topological polar surface area (TPSA) is 39.1 Å². The predicted octanol–water partition coefficient (Wildman–Crippen LogP) is 1.62. The molecule has 4 heteroatoms. The molecule has 1 unspecified atom stereocenters. The maximum Gasteiger partial charge on any atom is 0.105 e. The highest BCUT2D eigenvalue weighted by molar-refractivity contribution is 4.92. The SMILES string of the molecule is COCC(CNCC(C)C)n1ccnc1C. The van der Waals surface area contributed by atoms with E-state index in [0.717, 1.165) is 18.9 Å². The molecule has 0 aliphatic carbocycles. The summed E-state index contributed by atoms with van der Waals surface area (Å²) in [6.07, 6.45) is 3.84. The molecule has 0 fully saturated rings. The number of nitrogens with zero attached hydrogens (tertiary/aromatic N) is 2. The number of ether oxygens (including phenoxy) is 1. The summed E-state index contributed by atoms with van der Waals surface area (Å²) in [7, 11) is 1.74. The lowest BCUT2D eigenvalue weighted by Gasteiger charge is -2.20. The maximum atomic E-state index is 5.25. The molecule has 1 aromatic rings. The van der Waals surface area contributed by atoms with Crippen molar-refractivity contribution in [1.29, 1.82) is 0 Å². The van der Waals surface area contributed by atoms with Gasteiger partial charge in [-0.3, -0.25) is 0 Å². The zero-order chi connectivity index (χ0) is 12.0. The molecule has 0 aromatic carbocycles. The van der Waals surface area contributed by atoms with Gasteiger partial charge in [-0.05, 0) is 19.4 Å². The predicted molar refractivity (Wildman–Crippen MR) is 65.6 cm³/mol. The van der Waals surface area contributed by atoms with Gasteiger partial charge in [0.2, 0.25) is 0 Å². The van der Waals surface area contributed by atoms with Crippen LogP contribution in [0.15, 0.2) is 12.4 Å². The van der Waals surface area contributed by atoms with E-state index in [1.807, 2.05) is 19.3 Å². The van der Waals surface area contributed by atoms with Crippen LogP contribution < -0.4 is 5.32 Å². The van der Waals surface area contributed by atoms with Crippen LogP contribution in [0, 0.1) is 12.8 Å². The molecule has 0 radical (unpaired) electrons. The summed E-state index contributed by atoms with van der Waals surface area (Å²) in [4.78, 5) is 4.24. The van der Waals surface area contributed by atoms with Crippen molar-refractivity contribution < 1.29 is 4.74 Å². The Morgan fingerprint density at radius 3 is 2.69 bits per heavy atom. The lowest BCUT2D eigenvalue weighted by Crippen LogP contribution is -2.31. The Labute approximate surface area is 98.0 Å². The summed E-state index contributed by atoms with van der Waals surface area (Å²) in [5, 5.41) is 3.46. The molecule has 16 heavy (non-hydrogen) atoms. The quantitative estimate of drug-likeness (QED) is 0.766. The minimum absolute atomic E-state index is 0.325. The fourth-order valence-electron chi connectivity index (χ4n) is 1.74. The molecule has 0 aliphatic rings. The van der Waals surface area contributed by atoms with Crippen molar-refractivity contribution in [3.05, 3.63) is 18.2 Å².